The van der Waals surface area contributed by atoms with Crippen molar-refractivity contribution in [1.29, 1.82) is 5.26 Å². The number of nitrogens with zero attached hydrogens (tertiary/aromatic N) is 8. The first kappa shape index (κ1) is 29.2. The van der Waals surface area contributed by atoms with Crippen molar-refractivity contribution in [3.8, 4) is 23.2 Å². The van der Waals surface area contributed by atoms with Crippen molar-refractivity contribution in [1.82, 2.24) is 39.5 Å². The third-order valence-electron chi connectivity index (χ3n) is 9.04. The van der Waals surface area contributed by atoms with E-state index in [9.17, 15) is 28.3 Å². The maximum absolute atomic E-state index is 13.6. The van der Waals surface area contributed by atoms with E-state index < -0.39 is 29.4 Å². The van der Waals surface area contributed by atoms with Gasteiger partial charge in [-0.3, -0.25) is 14.4 Å². The third-order valence-corrected chi connectivity index (χ3v) is 9.04. The van der Waals surface area contributed by atoms with Gasteiger partial charge in [-0.2, -0.15) is 23.5 Å². The molecule has 0 unspecified atom stereocenters. The summed E-state index contributed by atoms with van der Waals surface area (Å²) < 4.78 is 48.6. The van der Waals surface area contributed by atoms with Crippen LogP contribution in [-0.2, 0) is 11.7 Å². The lowest BCUT2D eigenvalue weighted by molar-refractivity contribution is -0.141. The minimum absolute atomic E-state index is 0.0788. The van der Waals surface area contributed by atoms with Gasteiger partial charge in [0.2, 0.25) is 5.88 Å². The van der Waals surface area contributed by atoms with E-state index in [2.05, 4.69) is 36.0 Å². The quantitative estimate of drug-likeness (QED) is 0.317. The number of amides is 1. The molecule has 1 saturated carbocycles. The monoisotopic (exact) mass is 621 g/mol. The molecule has 4 aromatic rings. The third kappa shape index (κ3) is 5.48. The molecule has 3 aliphatic rings. The number of pyridine rings is 1. The number of nitrogens with one attached hydrogen (secondary N) is 1. The number of aliphatic hydroxyl groups excluding tert-OH is 1. The molecule has 15 heteroatoms. The lowest BCUT2D eigenvalue weighted by Gasteiger charge is -2.53. The van der Waals surface area contributed by atoms with Crippen LogP contribution in [0.15, 0.2) is 43.1 Å². The Morgan fingerprint density at radius 2 is 1.96 bits per heavy atom. The fraction of sp³-hybridized carbons (Fsp3) is 0.467. The number of hydrogen-bond donors (Lipinski definition) is 2. The van der Waals surface area contributed by atoms with Crippen molar-refractivity contribution in [3.63, 3.8) is 0 Å². The van der Waals surface area contributed by atoms with Gasteiger partial charge in [0.15, 0.2) is 0 Å². The molecule has 0 atom stereocenters. The first-order valence-electron chi connectivity index (χ1n) is 14.8. The number of rotatable bonds is 7. The van der Waals surface area contributed by atoms with E-state index in [4.69, 9.17) is 4.74 Å². The Morgan fingerprint density at radius 3 is 2.67 bits per heavy atom. The average Bonchev–Trinajstić information content (AvgIpc) is 3.67. The van der Waals surface area contributed by atoms with Crippen LogP contribution in [0.3, 0.4) is 0 Å². The minimum atomic E-state index is -4.74. The van der Waals surface area contributed by atoms with Crippen LogP contribution in [0.25, 0.3) is 22.3 Å². The highest BCUT2D eigenvalue weighted by molar-refractivity contribution is 5.95. The van der Waals surface area contributed by atoms with Crippen molar-refractivity contribution >= 4 is 16.9 Å². The van der Waals surface area contributed by atoms with Crippen LogP contribution in [0, 0.1) is 11.3 Å². The van der Waals surface area contributed by atoms with Crippen LogP contribution in [-0.4, -0.2) is 95.0 Å². The molecule has 0 spiro atoms. The van der Waals surface area contributed by atoms with Gasteiger partial charge >= 0.3 is 6.18 Å². The Kier molecular flexibility index (Phi) is 7.20. The number of carbonyl (C=O) groups excluding carboxylic acids is 1. The summed E-state index contributed by atoms with van der Waals surface area (Å²) in [6.07, 6.45) is 4.29. The van der Waals surface area contributed by atoms with Gasteiger partial charge in [-0.25, -0.2) is 15.0 Å². The van der Waals surface area contributed by atoms with Gasteiger partial charge < -0.3 is 19.7 Å². The molecule has 2 N–H and O–H groups in total. The predicted octanol–water partition coefficient (Wildman–Crippen LogP) is 3.37. The Hall–Kier alpha value is -4.55. The topological polar surface area (TPSA) is 149 Å². The zero-order chi connectivity index (χ0) is 31.3. The molecule has 1 aliphatic carbocycles. The van der Waals surface area contributed by atoms with Crippen molar-refractivity contribution in [2.45, 2.75) is 62.1 Å². The highest BCUT2D eigenvalue weighted by atomic mass is 19.4. The Balaban J connectivity index is 0.993. The molecule has 4 aromatic heterocycles. The molecule has 6 heterocycles. The summed E-state index contributed by atoms with van der Waals surface area (Å²) in [5.74, 6) is -0.829. The summed E-state index contributed by atoms with van der Waals surface area (Å²) in [5, 5.41) is 24.7. The van der Waals surface area contributed by atoms with E-state index in [-0.39, 0.29) is 36.7 Å². The first-order chi connectivity index (χ1) is 21.6. The number of hydrogen-bond acceptors (Lipinski definition) is 9. The van der Waals surface area contributed by atoms with E-state index in [1.54, 1.807) is 6.20 Å². The molecule has 2 saturated heterocycles. The van der Waals surface area contributed by atoms with Gasteiger partial charge in [-0.15, -0.1) is 0 Å². The van der Waals surface area contributed by atoms with Crippen molar-refractivity contribution < 1.29 is 27.8 Å². The summed E-state index contributed by atoms with van der Waals surface area (Å²) in [4.78, 5) is 31.7. The lowest BCUT2D eigenvalue weighted by Crippen LogP contribution is -2.65. The highest BCUT2D eigenvalue weighted by Crippen LogP contribution is 2.39. The van der Waals surface area contributed by atoms with Gasteiger partial charge in [-0.1, -0.05) is 0 Å². The summed E-state index contributed by atoms with van der Waals surface area (Å²) >= 11 is 0. The van der Waals surface area contributed by atoms with Crippen LogP contribution >= 0.6 is 0 Å². The maximum atomic E-state index is 13.6. The molecule has 0 aromatic carbocycles. The molecular weight excluding hydrogens is 591 g/mol. The van der Waals surface area contributed by atoms with E-state index >= 15 is 0 Å². The summed E-state index contributed by atoms with van der Waals surface area (Å²) in [6, 6.07) is 6.45. The Morgan fingerprint density at radius 1 is 1.18 bits per heavy atom. The average molecular weight is 622 g/mol. The molecule has 234 valence electrons. The van der Waals surface area contributed by atoms with E-state index in [0.29, 0.717) is 32.4 Å². The zero-order valence-electron chi connectivity index (χ0n) is 24.1. The van der Waals surface area contributed by atoms with Crippen LogP contribution in [0.4, 0.5) is 13.2 Å². The minimum Gasteiger partial charge on any atom is -0.474 e. The number of aliphatic hydroxyl groups is 1. The second-order valence-corrected chi connectivity index (χ2v) is 12.1. The number of fused-ring (bicyclic) bond motifs is 1. The molecule has 12 nitrogen and oxygen atoms in total. The Bertz CT molecular complexity index is 1760. The van der Waals surface area contributed by atoms with Crippen molar-refractivity contribution in [2.75, 3.05) is 26.2 Å². The first-order valence-corrected chi connectivity index (χ1v) is 14.8. The fourth-order valence-electron chi connectivity index (χ4n) is 6.60. The van der Waals surface area contributed by atoms with Crippen molar-refractivity contribution in [3.05, 3.63) is 54.4 Å². The largest absolute Gasteiger partial charge is 0.474 e. The normalized spacial score (nSPS) is 22.1. The number of ether oxygens (including phenoxy) is 1. The Labute approximate surface area is 255 Å². The number of aromatic amines is 1. The second kappa shape index (κ2) is 11.1. The van der Waals surface area contributed by atoms with Gasteiger partial charge in [-0.05, 0) is 37.8 Å². The predicted molar refractivity (Wildman–Crippen MR) is 153 cm³/mol. The number of nitriles is 1. The summed E-state index contributed by atoms with van der Waals surface area (Å²) in [7, 11) is 0. The molecule has 3 fully saturated rings. The fourth-order valence-corrected chi connectivity index (χ4v) is 6.60. The number of aromatic nitrogens is 6. The maximum Gasteiger partial charge on any atom is 0.433 e. The van der Waals surface area contributed by atoms with E-state index in [1.807, 2.05) is 23.1 Å². The number of H-pyrrole nitrogens is 1. The van der Waals surface area contributed by atoms with Crippen LogP contribution < -0.4 is 4.74 Å². The van der Waals surface area contributed by atoms with E-state index in [1.165, 1.54) is 17.3 Å². The summed E-state index contributed by atoms with van der Waals surface area (Å²) in [6.45, 7) is 1.45. The molecule has 45 heavy (non-hydrogen) atoms. The number of β-amino-alcohol motifs (C(OH)–C–C–N with tert-alkyl or cyclic N) is 1. The van der Waals surface area contributed by atoms with Crippen LogP contribution in [0.5, 0.6) is 5.88 Å². The smallest absolute Gasteiger partial charge is 0.433 e. The standard InChI is InChI=1S/C30H30F3N9O3/c31-30(32,33)24-9-18(28(44)40-13-21(43)14-40)10-25(39-24)45-22-3-1-20(2-4-22)41-15-29(16-41,6-7-34)42-12-19(11-38-42)26-23-5-8-35-27(23)37-17-36-26/h5,8-12,17,20-22,43H,1-4,6,13-16H2,(H,35,36,37). The molecule has 7 rings (SSSR count). The zero-order valence-corrected chi connectivity index (χ0v) is 24.1. The summed E-state index contributed by atoms with van der Waals surface area (Å²) in [5.41, 5.74) is 0.514. The molecule has 0 radical (unpaired) electrons. The van der Waals surface area contributed by atoms with Crippen LogP contribution in [0.1, 0.15) is 48.2 Å². The van der Waals surface area contributed by atoms with Crippen molar-refractivity contribution in [2.24, 2.45) is 0 Å². The number of halogens is 3. The number of carbonyl (C=O) groups is 1. The van der Waals surface area contributed by atoms with Gasteiger partial charge in [0.05, 0.1) is 30.5 Å². The van der Waals surface area contributed by atoms with Gasteiger partial charge in [0.25, 0.3) is 5.91 Å². The number of likely N-dealkylation sites (tertiary alicyclic amines) is 2. The molecule has 0 bridgehead atoms. The molecule has 2 aliphatic heterocycles. The highest BCUT2D eigenvalue weighted by Gasteiger charge is 2.48. The van der Waals surface area contributed by atoms with Gasteiger partial charge in [0, 0.05) is 67.2 Å². The van der Waals surface area contributed by atoms with Gasteiger partial charge in [0.1, 0.15) is 29.3 Å². The molecular formula is C30H30F3N9O3. The lowest BCUT2D eigenvalue weighted by atomic mass is 9.82. The SMILES string of the molecule is N#CCC1(n2cc(-c3ncnc4[nH]ccc34)cn2)CN(C2CCC(Oc3cc(C(=O)N4CC(O)C4)cc(C(F)(F)F)n3)CC2)C1. The van der Waals surface area contributed by atoms with E-state index in [0.717, 1.165) is 41.2 Å². The number of alkyl halides is 3. The second-order valence-electron chi connectivity index (χ2n) is 12.1. The molecule has 1 amide bonds. The van der Waals surface area contributed by atoms with Crippen LogP contribution in [0.2, 0.25) is 0 Å².